The van der Waals surface area contributed by atoms with Gasteiger partial charge in [-0.3, -0.25) is 9.69 Å². The van der Waals surface area contributed by atoms with Crippen LogP contribution in [0.5, 0.6) is 0 Å². The summed E-state index contributed by atoms with van der Waals surface area (Å²) in [7, 11) is 0. The second-order valence-corrected chi connectivity index (χ2v) is 4.78. The summed E-state index contributed by atoms with van der Waals surface area (Å²) in [5, 5.41) is 8.41. The number of carbonyl (C=O) groups excluding carboxylic acids is 2. The summed E-state index contributed by atoms with van der Waals surface area (Å²) in [5.74, 6) is -0.209. The number of carbonyl (C=O) groups is 2. The number of nitrogens with zero attached hydrogens (tertiary/aromatic N) is 2. The molecule has 0 unspecified atom stereocenters. The van der Waals surface area contributed by atoms with E-state index < -0.39 is 17.7 Å². The van der Waals surface area contributed by atoms with E-state index in [1.807, 2.05) is 0 Å². The molecule has 1 fully saturated rings. The fourth-order valence-corrected chi connectivity index (χ4v) is 1.46. The zero-order valence-electron chi connectivity index (χ0n) is 9.82. The minimum atomic E-state index is -0.560. The summed E-state index contributed by atoms with van der Waals surface area (Å²) in [4.78, 5) is 24.4. The maximum atomic E-state index is 11.6. The van der Waals surface area contributed by atoms with Crippen LogP contribution in [0.4, 0.5) is 4.79 Å². The quantitative estimate of drug-likeness (QED) is 0.712. The lowest BCUT2D eigenvalue weighted by Gasteiger charge is -2.39. The molecule has 0 saturated carbocycles. The number of ketones is 1. The number of nitriles is 1. The number of rotatable bonds is 2. The summed E-state index contributed by atoms with van der Waals surface area (Å²) in [6.07, 6.45) is -0.000902. The molecule has 5 heteroatoms. The fraction of sp³-hybridized carbons (Fsp3) is 0.727. The van der Waals surface area contributed by atoms with Crippen LogP contribution in [-0.4, -0.2) is 35.0 Å². The van der Waals surface area contributed by atoms with Gasteiger partial charge < -0.3 is 4.74 Å². The van der Waals surface area contributed by atoms with Crippen molar-refractivity contribution in [1.29, 1.82) is 5.26 Å². The van der Waals surface area contributed by atoms with E-state index >= 15 is 0 Å². The Morgan fingerprint density at radius 2 is 2.12 bits per heavy atom. The van der Waals surface area contributed by atoms with Gasteiger partial charge in [0.15, 0.2) is 5.78 Å². The van der Waals surface area contributed by atoms with Crippen molar-refractivity contribution in [3.8, 4) is 6.07 Å². The summed E-state index contributed by atoms with van der Waals surface area (Å²) < 4.78 is 5.15. The van der Waals surface area contributed by atoms with Gasteiger partial charge in [0.1, 0.15) is 5.60 Å². The largest absolute Gasteiger partial charge is 0.444 e. The van der Waals surface area contributed by atoms with Crippen LogP contribution in [0.15, 0.2) is 0 Å². The van der Waals surface area contributed by atoms with Crippen molar-refractivity contribution in [3.05, 3.63) is 0 Å². The third-order valence-corrected chi connectivity index (χ3v) is 2.27. The molecule has 1 aliphatic heterocycles. The molecule has 0 aromatic heterocycles. The number of hydrogen-bond donors (Lipinski definition) is 0. The van der Waals surface area contributed by atoms with E-state index in [2.05, 4.69) is 0 Å². The molecular formula is C11H16N2O3. The molecule has 0 bridgehead atoms. The number of amides is 1. The summed E-state index contributed by atoms with van der Waals surface area (Å²) in [6, 6.07) is 1.33. The average Bonchev–Trinajstić information content (AvgIpc) is 1.97. The van der Waals surface area contributed by atoms with Crippen LogP contribution in [-0.2, 0) is 9.53 Å². The molecule has 0 spiro atoms. The Morgan fingerprint density at radius 1 is 1.50 bits per heavy atom. The maximum Gasteiger partial charge on any atom is 0.410 e. The van der Waals surface area contributed by atoms with Crippen molar-refractivity contribution in [3.63, 3.8) is 0 Å². The molecular weight excluding hydrogens is 208 g/mol. The van der Waals surface area contributed by atoms with Gasteiger partial charge in [0.2, 0.25) is 0 Å². The molecule has 1 saturated heterocycles. The first-order valence-corrected chi connectivity index (χ1v) is 5.24. The van der Waals surface area contributed by atoms with E-state index in [0.717, 1.165) is 0 Å². The Kier molecular flexibility index (Phi) is 3.53. The molecule has 1 amide bonds. The molecule has 1 atom stereocenters. The lowest BCUT2D eigenvalue weighted by atomic mass is 9.98. The van der Waals surface area contributed by atoms with Gasteiger partial charge in [0.25, 0.3) is 0 Å². The zero-order valence-corrected chi connectivity index (χ0v) is 9.82. The second-order valence-electron chi connectivity index (χ2n) is 4.78. The van der Waals surface area contributed by atoms with Crippen molar-refractivity contribution in [2.24, 2.45) is 0 Å². The molecule has 0 N–H and O–H groups in total. The predicted molar refractivity (Wildman–Crippen MR) is 56.6 cm³/mol. The van der Waals surface area contributed by atoms with Crippen LogP contribution < -0.4 is 0 Å². The number of ether oxygens (including phenoxy) is 1. The maximum absolute atomic E-state index is 11.6. The standard InChI is InChI=1S/C11H16N2O3/c1-11(2,3)16-10(15)13-7-5-8(13)9(14)4-6-12/h8H,4-5,7H2,1-3H3/t8-/m1/s1. The Bertz CT molecular complexity index is 338. The van der Waals surface area contributed by atoms with Crippen molar-refractivity contribution < 1.29 is 14.3 Å². The van der Waals surface area contributed by atoms with Crippen LogP contribution in [0.2, 0.25) is 0 Å². The van der Waals surface area contributed by atoms with Crippen molar-refractivity contribution in [1.82, 2.24) is 4.90 Å². The van der Waals surface area contributed by atoms with E-state index in [4.69, 9.17) is 10.00 Å². The van der Waals surface area contributed by atoms with Crippen LogP contribution in [0.3, 0.4) is 0 Å². The predicted octanol–water partition coefficient (Wildman–Crippen LogP) is 1.48. The van der Waals surface area contributed by atoms with Crippen molar-refractivity contribution in [2.45, 2.75) is 45.3 Å². The molecule has 1 aliphatic rings. The molecule has 16 heavy (non-hydrogen) atoms. The summed E-state index contributed by atoms with van der Waals surface area (Å²) in [5.41, 5.74) is -0.560. The Balaban J connectivity index is 2.53. The van der Waals surface area contributed by atoms with Crippen LogP contribution >= 0.6 is 0 Å². The third kappa shape index (κ3) is 2.96. The minimum absolute atomic E-state index is 0.149. The van der Waals surface area contributed by atoms with Gasteiger partial charge in [0, 0.05) is 6.54 Å². The van der Waals surface area contributed by atoms with Gasteiger partial charge >= 0.3 is 6.09 Å². The Hall–Kier alpha value is -1.57. The topological polar surface area (TPSA) is 70.4 Å². The van der Waals surface area contributed by atoms with E-state index in [0.29, 0.717) is 13.0 Å². The first-order chi connectivity index (χ1) is 7.35. The molecule has 1 rings (SSSR count). The fourth-order valence-electron chi connectivity index (χ4n) is 1.46. The first kappa shape index (κ1) is 12.5. The van der Waals surface area contributed by atoms with Crippen LogP contribution in [0.1, 0.15) is 33.6 Å². The van der Waals surface area contributed by atoms with E-state index in [1.165, 1.54) is 4.90 Å². The molecule has 0 aromatic carbocycles. The SMILES string of the molecule is CC(C)(C)OC(=O)N1CC[C@@H]1C(=O)CC#N. The highest BCUT2D eigenvalue weighted by Crippen LogP contribution is 2.22. The lowest BCUT2D eigenvalue weighted by molar-refractivity contribution is -0.127. The Labute approximate surface area is 95.0 Å². The average molecular weight is 224 g/mol. The van der Waals surface area contributed by atoms with Gasteiger partial charge in [-0.05, 0) is 27.2 Å². The monoisotopic (exact) mass is 224 g/mol. The number of hydrogen-bond acceptors (Lipinski definition) is 4. The molecule has 88 valence electrons. The van der Waals surface area contributed by atoms with E-state index in [9.17, 15) is 9.59 Å². The summed E-state index contributed by atoms with van der Waals surface area (Å²) in [6.45, 7) is 5.85. The van der Waals surface area contributed by atoms with Crippen molar-refractivity contribution >= 4 is 11.9 Å². The van der Waals surface area contributed by atoms with Crippen molar-refractivity contribution in [2.75, 3.05) is 6.54 Å². The highest BCUT2D eigenvalue weighted by atomic mass is 16.6. The van der Waals surface area contributed by atoms with Gasteiger partial charge in [0.05, 0.1) is 18.5 Å². The van der Waals surface area contributed by atoms with E-state index in [-0.39, 0.29) is 12.2 Å². The molecule has 0 aliphatic carbocycles. The highest BCUT2D eigenvalue weighted by Gasteiger charge is 2.39. The summed E-state index contributed by atoms with van der Waals surface area (Å²) >= 11 is 0. The molecule has 1 heterocycles. The van der Waals surface area contributed by atoms with Gasteiger partial charge in [-0.25, -0.2) is 4.79 Å². The molecule has 0 radical (unpaired) electrons. The highest BCUT2D eigenvalue weighted by molar-refractivity contribution is 5.90. The second kappa shape index (κ2) is 4.52. The minimum Gasteiger partial charge on any atom is -0.444 e. The lowest BCUT2D eigenvalue weighted by Crippen LogP contribution is -2.56. The van der Waals surface area contributed by atoms with Gasteiger partial charge in [-0.15, -0.1) is 0 Å². The third-order valence-electron chi connectivity index (χ3n) is 2.27. The number of likely N-dealkylation sites (tertiary alicyclic amines) is 1. The molecule has 5 nitrogen and oxygen atoms in total. The van der Waals surface area contributed by atoms with Crippen LogP contribution in [0.25, 0.3) is 0 Å². The Morgan fingerprint density at radius 3 is 2.50 bits per heavy atom. The molecule has 0 aromatic rings. The smallest absolute Gasteiger partial charge is 0.410 e. The van der Waals surface area contributed by atoms with Crippen LogP contribution in [0, 0.1) is 11.3 Å². The van der Waals surface area contributed by atoms with E-state index in [1.54, 1.807) is 26.8 Å². The normalized spacial score (nSPS) is 19.6. The zero-order chi connectivity index (χ0) is 12.3. The van der Waals surface area contributed by atoms with Gasteiger partial charge in [-0.2, -0.15) is 5.26 Å². The first-order valence-electron chi connectivity index (χ1n) is 5.24. The van der Waals surface area contributed by atoms with Gasteiger partial charge in [-0.1, -0.05) is 0 Å². The number of Topliss-reactive ketones (excluding diaryl/α,β-unsaturated/α-hetero) is 1.